The molecule has 0 aliphatic heterocycles. The van der Waals surface area contributed by atoms with Crippen LogP contribution in [0.3, 0.4) is 0 Å². The van der Waals surface area contributed by atoms with Crippen LogP contribution in [0.2, 0.25) is 0 Å². The highest BCUT2D eigenvalue weighted by atomic mass is 32.2. The van der Waals surface area contributed by atoms with Gasteiger partial charge in [0.05, 0.1) is 24.8 Å². The third kappa shape index (κ3) is 6.88. The predicted molar refractivity (Wildman–Crippen MR) is 150 cm³/mol. The molecule has 0 spiro atoms. The Kier molecular flexibility index (Phi) is 9.95. The average Bonchev–Trinajstić information content (AvgIpc) is 2.96. The Hall–Kier alpha value is -4.05. The lowest BCUT2D eigenvalue weighted by atomic mass is 10.1. The fourth-order valence-corrected chi connectivity index (χ4v) is 5.63. The first-order chi connectivity index (χ1) is 18.7. The van der Waals surface area contributed by atoms with E-state index >= 15 is 0 Å². The Balaban J connectivity index is 2.09. The van der Waals surface area contributed by atoms with E-state index in [9.17, 15) is 18.0 Å². The molecular formula is C29H35N3O6S. The topological polar surface area (TPSA) is 105 Å². The summed E-state index contributed by atoms with van der Waals surface area (Å²) in [6.45, 7) is 3.35. The van der Waals surface area contributed by atoms with E-state index in [0.29, 0.717) is 12.2 Å². The summed E-state index contributed by atoms with van der Waals surface area (Å²) in [7, 11) is 0.202. The van der Waals surface area contributed by atoms with Gasteiger partial charge in [-0.25, -0.2) is 8.42 Å². The van der Waals surface area contributed by atoms with Gasteiger partial charge in [0.1, 0.15) is 24.1 Å². The molecule has 0 aliphatic rings. The van der Waals surface area contributed by atoms with Gasteiger partial charge in [0.2, 0.25) is 11.8 Å². The number of rotatable bonds is 12. The van der Waals surface area contributed by atoms with Crippen molar-refractivity contribution in [3.8, 4) is 11.5 Å². The minimum atomic E-state index is -4.23. The molecule has 1 atom stereocenters. The molecule has 3 aromatic rings. The molecule has 1 unspecified atom stereocenters. The second-order valence-electron chi connectivity index (χ2n) is 8.90. The smallest absolute Gasteiger partial charge is 0.264 e. The number of aryl methyl sites for hydroxylation is 1. The van der Waals surface area contributed by atoms with E-state index in [-0.39, 0.29) is 28.8 Å². The number of anilines is 1. The van der Waals surface area contributed by atoms with Crippen LogP contribution in [0.5, 0.6) is 11.5 Å². The van der Waals surface area contributed by atoms with Crippen LogP contribution in [-0.4, -0.2) is 59.0 Å². The fourth-order valence-electron chi connectivity index (χ4n) is 4.20. The molecule has 39 heavy (non-hydrogen) atoms. The first-order valence-electron chi connectivity index (χ1n) is 12.5. The van der Waals surface area contributed by atoms with Gasteiger partial charge < -0.3 is 19.7 Å². The summed E-state index contributed by atoms with van der Waals surface area (Å²) in [5.41, 5.74) is 2.08. The van der Waals surface area contributed by atoms with Crippen LogP contribution < -0.4 is 19.1 Å². The highest BCUT2D eigenvalue weighted by Crippen LogP contribution is 2.33. The fraction of sp³-hybridized carbons (Fsp3) is 0.310. The maximum absolute atomic E-state index is 14.0. The summed E-state index contributed by atoms with van der Waals surface area (Å²) in [5.74, 6) is -0.0887. The summed E-state index contributed by atoms with van der Waals surface area (Å²) in [6.07, 6.45) is 0.344. The van der Waals surface area contributed by atoms with E-state index in [0.717, 1.165) is 15.4 Å². The molecule has 3 rings (SSSR count). The molecule has 0 aromatic heterocycles. The van der Waals surface area contributed by atoms with E-state index in [1.165, 1.54) is 50.4 Å². The van der Waals surface area contributed by atoms with Crippen molar-refractivity contribution in [1.29, 1.82) is 0 Å². The number of likely N-dealkylation sites (N-methyl/N-ethyl adjacent to an activating group) is 1. The highest BCUT2D eigenvalue weighted by molar-refractivity contribution is 7.92. The molecule has 0 aliphatic carbocycles. The molecule has 208 valence electrons. The molecule has 3 aromatic carbocycles. The number of para-hydroxylation sites is 2. The predicted octanol–water partition coefficient (Wildman–Crippen LogP) is 3.76. The molecule has 0 fully saturated rings. The first kappa shape index (κ1) is 29.5. The molecule has 10 heteroatoms. The minimum absolute atomic E-state index is 0.0227. The SMILES string of the molecule is CCC(C(=O)NC)N(Cc1ccc(C)cc1)C(=O)CN(c1ccccc1OC)S(=O)(=O)c1ccc(OC)cc1. The standard InChI is InChI=1S/C29H35N3O6S/c1-6-25(29(34)30-3)31(19-22-13-11-21(2)12-14-22)28(33)20-32(26-9-7-8-10-27(26)38-5)39(35,36)24-17-15-23(37-4)16-18-24/h7-18,25H,6,19-20H2,1-5H3,(H,30,34). The molecule has 1 N–H and O–H groups in total. The van der Waals surface area contributed by atoms with Gasteiger partial charge in [0.15, 0.2) is 0 Å². The number of hydrogen-bond acceptors (Lipinski definition) is 6. The monoisotopic (exact) mass is 553 g/mol. The second kappa shape index (κ2) is 13.1. The molecule has 0 heterocycles. The number of hydrogen-bond donors (Lipinski definition) is 1. The lowest BCUT2D eigenvalue weighted by Gasteiger charge is -2.33. The number of amides is 2. The molecule has 0 radical (unpaired) electrons. The van der Waals surface area contributed by atoms with E-state index < -0.39 is 28.5 Å². The Morgan fingerprint density at radius 1 is 0.923 bits per heavy atom. The van der Waals surface area contributed by atoms with Crippen LogP contribution in [0, 0.1) is 6.92 Å². The van der Waals surface area contributed by atoms with E-state index in [4.69, 9.17) is 9.47 Å². The molecule has 0 bridgehead atoms. The number of carbonyl (C=O) groups excluding carboxylic acids is 2. The quantitative estimate of drug-likeness (QED) is 0.366. The van der Waals surface area contributed by atoms with Crippen molar-refractivity contribution in [1.82, 2.24) is 10.2 Å². The number of nitrogens with one attached hydrogen (secondary N) is 1. The number of nitrogens with zero attached hydrogens (tertiary/aromatic N) is 2. The van der Waals surface area contributed by atoms with Gasteiger partial charge in [-0.3, -0.25) is 13.9 Å². The zero-order valence-electron chi connectivity index (χ0n) is 22.9. The third-order valence-electron chi connectivity index (χ3n) is 6.39. The van der Waals surface area contributed by atoms with Crippen molar-refractivity contribution < 1.29 is 27.5 Å². The summed E-state index contributed by atoms with van der Waals surface area (Å²) in [6, 6.07) is 19.3. The van der Waals surface area contributed by atoms with Crippen molar-refractivity contribution in [3.63, 3.8) is 0 Å². The number of methoxy groups -OCH3 is 2. The summed E-state index contributed by atoms with van der Waals surface area (Å²) >= 11 is 0. The first-order valence-corrected chi connectivity index (χ1v) is 14.0. The number of sulfonamides is 1. The van der Waals surface area contributed by atoms with Crippen molar-refractivity contribution in [2.75, 3.05) is 32.1 Å². The lowest BCUT2D eigenvalue weighted by molar-refractivity contribution is -0.140. The van der Waals surface area contributed by atoms with Gasteiger partial charge in [0.25, 0.3) is 10.0 Å². The zero-order valence-corrected chi connectivity index (χ0v) is 23.7. The summed E-state index contributed by atoms with van der Waals surface area (Å²) < 4.78 is 39.6. The van der Waals surface area contributed by atoms with Gasteiger partial charge >= 0.3 is 0 Å². The van der Waals surface area contributed by atoms with Crippen molar-refractivity contribution >= 4 is 27.5 Å². The van der Waals surface area contributed by atoms with Crippen molar-refractivity contribution in [2.24, 2.45) is 0 Å². The van der Waals surface area contributed by atoms with Crippen molar-refractivity contribution in [3.05, 3.63) is 83.9 Å². The van der Waals surface area contributed by atoms with Crippen LogP contribution in [0.15, 0.2) is 77.7 Å². The number of benzene rings is 3. The Bertz CT molecular complexity index is 1370. The molecule has 2 amide bonds. The number of ether oxygens (including phenoxy) is 2. The third-order valence-corrected chi connectivity index (χ3v) is 8.16. The second-order valence-corrected chi connectivity index (χ2v) is 10.8. The largest absolute Gasteiger partial charge is 0.497 e. The van der Waals surface area contributed by atoms with Crippen LogP contribution in [0.25, 0.3) is 0 Å². The Morgan fingerprint density at radius 2 is 1.56 bits per heavy atom. The van der Waals surface area contributed by atoms with Crippen molar-refractivity contribution in [2.45, 2.75) is 37.8 Å². The van der Waals surface area contributed by atoms with E-state index in [1.807, 2.05) is 31.2 Å². The number of carbonyl (C=O) groups is 2. The minimum Gasteiger partial charge on any atom is -0.497 e. The Labute approximate surface area is 230 Å². The van der Waals surface area contributed by atoms with Gasteiger partial charge in [-0.1, -0.05) is 48.9 Å². The average molecular weight is 554 g/mol. The van der Waals surface area contributed by atoms with Crippen LogP contribution in [-0.2, 0) is 26.2 Å². The van der Waals surface area contributed by atoms with Gasteiger partial charge in [0, 0.05) is 13.6 Å². The molecule has 0 saturated heterocycles. The highest BCUT2D eigenvalue weighted by Gasteiger charge is 2.34. The van der Waals surface area contributed by atoms with Gasteiger partial charge in [-0.05, 0) is 55.3 Å². The zero-order chi connectivity index (χ0) is 28.6. The maximum atomic E-state index is 14.0. The van der Waals surface area contributed by atoms with Crippen LogP contribution in [0.4, 0.5) is 5.69 Å². The molecule has 9 nitrogen and oxygen atoms in total. The van der Waals surface area contributed by atoms with Gasteiger partial charge in [-0.2, -0.15) is 0 Å². The summed E-state index contributed by atoms with van der Waals surface area (Å²) in [4.78, 5) is 28.2. The van der Waals surface area contributed by atoms with Crippen LogP contribution in [0.1, 0.15) is 24.5 Å². The Morgan fingerprint density at radius 3 is 2.13 bits per heavy atom. The van der Waals surface area contributed by atoms with E-state index in [2.05, 4.69) is 5.32 Å². The van der Waals surface area contributed by atoms with Gasteiger partial charge in [-0.15, -0.1) is 0 Å². The maximum Gasteiger partial charge on any atom is 0.264 e. The lowest BCUT2D eigenvalue weighted by Crippen LogP contribution is -2.51. The van der Waals surface area contributed by atoms with E-state index in [1.54, 1.807) is 31.2 Å². The van der Waals surface area contributed by atoms with Crippen LogP contribution >= 0.6 is 0 Å². The normalized spacial score (nSPS) is 11.8. The molecule has 0 saturated carbocycles. The summed E-state index contributed by atoms with van der Waals surface area (Å²) in [5, 5.41) is 2.62. The molecular weight excluding hydrogens is 518 g/mol.